The first-order chi connectivity index (χ1) is 10.7. The molecule has 1 aliphatic heterocycles. The van der Waals surface area contributed by atoms with Crippen LogP contribution in [0.1, 0.15) is 33.6 Å². The molecular weight excluding hydrogens is 338 g/mol. The van der Waals surface area contributed by atoms with Crippen LogP contribution in [0.2, 0.25) is 5.15 Å². The Bertz CT molecular complexity index is 574. The lowest BCUT2D eigenvalue weighted by molar-refractivity contribution is 0.0176. The lowest BCUT2D eigenvalue weighted by atomic mass is 10.0. The highest BCUT2D eigenvalue weighted by Crippen LogP contribution is 2.21. The number of nitrogens with zero attached hydrogens (tertiary/aromatic N) is 3. The summed E-state index contributed by atoms with van der Waals surface area (Å²) in [6.45, 7) is 6.78. The topological polar surface area (TPSA) is 72.4 Å². The summed E-state index contributed by atoms with van der Waals surface area (Å²) >= 11 is 5.68. The molecule has 1 amide bonds. The van der Waals surface area contributed by atoms with Crippen molar-refractivity contribution in [3.8, 4) is 0 Å². The van der Waals surface area contributed by atoms with Gasteiger partial charge in [-0.15, -0.1) is 10.2 Å². The molecule has 0 radical (unpaired) electrons. The van der Waals surface area contributed by atoms with Gasteiger partial charge in [0.05, 0.1) is 10.8 Å². The first-order valence-electron chi connectivity index (χ1n) is 7.60. The molecule has 1 aliphatic rings. The molecule has 1 aromatic rings. The van der Waals surface area contributed by atoms with Crippen LogP contribution in [-0.4, -0.2) is 49.8 Å². The highest BCUT2D eigenvalue weighted by molar-refractivity contribution is 7.84. The van der Waals surface area contributed by atoms with Crippen molar-refractivity contribution in [2.75, 3.05) is 18.8 Å². The van der Waals surface area contributed by atoms with Gasteiger partial charge in [-0.1, -0.05) is 11.6 Å². The van der Waals surface area contributed by atoms with E-state index in [1.54, 1.807) is 17.0 Å². The summed E-state index contributed by atoms with van der Waals surface area (Å²) in [4.78, 5) is 13.8. The van der Waals surface area contributed by atoms with Gasteiger partial charge >= 0.3 is 6.09 Å². The van der Waals surface area contributed by atoms with Crippen LogP contribution in [0.5, 0.6) is 0 Å². The fraction of sp³-hybridized carbons (Fsp3) is 0.667. The van der Waals surface area contributed by atoms with Gasteiger partial charge in [0.2, 0.25) is 0 Å². The Kier molecular flexibility index (Phi) is 5.97. The number of carbonyl (C=O) groups excluding carboxylic acids is 1. The van der Waals surface area contributed by atoms with Crippen molar-refractivity contribution >= 4 is 28.5 Å². The van der Waals surface area contributed by atoms with Crippen LogP contribution in [0.3, 0.4) is 0 Å². The average Bonchev–Trinajstić information content (AvgIpc) is 2.46. The average molecular weight is 360 g/mol. The van der Waals surface area contributed by atoms with E-state index in [2.05, 4.69) is 10.2 Å². The lowest BCUT2D eigenvalue weighted by Gasteiger charge is -2.33. The monoisotopic (exact) mass is 359 g/mol. The van der Waals surface area contributed by atoms with Crippen LogP contribution < -0.4 is 0 Å². The summed E-state index contributed by atoms with van der Waals surface area (Å²) in [7, 11) is -1.25. The van der Waals surface area contributed by atoms with Crippen LogP contribution in [-0.2, 0) is 15.5 Å². The maximum atomic E-state index is 12.4. The quantitative estimate of drug-likeness (QED) is 0.829. The predicted molar refractivity (Wildman–Crippen MR) is 88.8 cm³/mol. The zero-order valence-electron chi connectivity index (χ0n) is 13.6. The second-order valence-electron chi connectivity index (χ2n) is 6.64. The van der Waals surface area contributed by atoms with E-state index in [0.29, 0.717) is 23.9 Å². The molecule has 0 spiro atoms. The van der Waals surface area contributed by atoms with Crippen LogP contribution in [0.4, 0.5) is 4.79 Å². The Morgan fingerprint density at radius 2 is 2.17 bits per heavy atom. The van der Waals surface area contributed by atoms with Crippen molar-refractivity contribution in [2.24, 2.45) is 5.92 Å². The van der Waals surface area contributed by atoms with E-state index >= 15 is 0 Å². The molecule has 128 valence electrons. The van der Waals surface area contributed by atoms with Gasteiger partial charge in [-0.25, -0.2) is 4.79 Å². The smallest absolute Gasteiger partial charge is 0.410 e. The number of halogens is 1. The largest absolute Gasteiger partial charge is 0.444 e. The van der Waals surface area contributed by atoms with E-state index in [1.807, 2.05) is 20.8 Å². The number of carbonyl (C=O) groups is 1. The van der Waals surface area contributed by atoms with Gasteiger partial charge in [0.1, 0.15) is 10.6 Å². The molecule has 0 N–H and O–H groups in total. The normalized spacial score (nSPS) is 20.2. The molecule has 2 heterocycles. The van der Waals surface area contributed by atoms with Gasteiger partial charge in [-0.3, -0.25) is 4.21 Å². The van der Waals surface area contributed by atoms with Gasteiger partial charge in [0.25, 0.3) is 0 Å². The summed E-state index contributed by atoms with van der Waals surface area (Å²) < 4.78 is 17.8. The van der Waals surface area contributed by atoms with Crippen LogP contribution >= 0.6 is 11.6 Å². The van der Waals surface area contributed by atoms with Gasteiger partial charge in [-0.2, -0.15) is 0 Å². The summed E-state index contributed by atoms with van der Waals surface area (Å²) in [5.41, 5.74) is -0.508. The van der Waals surface area contributed by atoms with Crippen molar-refractivity contribution < 1.29 is 13.7 Å². The van der Waals surface area contributed by atoms with Crippen LogP contribution in [0, 0.1) is 5.92 Å². The molecule has 1 fully saturated rings. The highest BCUT2D eigenvalue weighted by atomic mass is 35.5. The lowest BCUT2D eigenvalue weighted by Crippen LogP contribution is -2.44. The maximum absolute atomic E-state index is 12.4. The molecule has 1 aromatic heterocycles. The first-order valence-corrected chi connectivity index (χ1v) is 9.30. The number of rotatable bonds is 3. The SMILES string of the molecule is CC(C)(C)OC(=O)N1CCC[C@@H](C[S@](=O)c2ccc(Cl)nn2)C1. The Morgan fingerprint density at radius 1 is 1.43 bits per heavy atom. The van der Waals surface area contributed by atoms with E-state index in [-0.39, 0.29) is 17.2 Å². The second-order valence-corrected chi connectivity index (χ2v) is 8.47. The first kappa shape index (κ1) is 18.1. The molecule has 6 nitrogen and oxygen atoms in total. The minimum absolute atomic E-state index is 0.162. The number of likely N-dealkylation sites (tertiary alicyclic amines) is 1. The summed E-state index contributed by atoms with van der Waals surface area (Å²) in [5.74, 6) is 0.616. The zero-order valence-corrected chi connectivity index (χ0v) is 15.2. The summed E-state index contributed by atoms with van der Waals surface area (Å²) in [5, 5.41) is 8.27. The fourth-order valence-corrected chi connectivity index (χ4v) is 3.74. The van der Waals surface area contributed by atoms with Crippen LogP contribution in [0.25, 0.3) is 0 Å². The van der Waals surface area contributed by atoms with Crippen molar-refractivity contribution in [2.45, 2.75) is 44.2 Å². The number of aromatic nitrogens is 2. The molecule has 0 bridgehead atoms. The molecule has 0 unspecified atom stereocenters. The zero-order chi connectivity index (χ0) is 17.0. The van der Waals surface area contributed by atoms with Gasteiger partial charge in [0, 0.05) is 18.8 Å². The fourth-order valence-electron chi connectivity index (χ4n) is 2.42. The molecule has 0 saturated carbocycles. The number of piperidine rings is 1. The van der Waals surface area contributed by atoms with E-state index in [0.717, 1.165) is 12.8 Å². The van der Waals surface area contributed by atoms with Gasteiger partial charge in [-0.05, 0) is 51.7 Å². The number of ether oxygens (including phenoxy) is 1. The molecule has 0 aliphatic carbocycles. The van der Waals surface area contributed by atoms with Crippen molar-refractivity contribution in [1.82, 2.24) is 15.1 Å². The van der Waals surface area contributed by atoms with Gasteiger partial charge < -0.3 is 9.64 Å². The van der Waals surface area contributed by atoms with Crippen molar-refractivity contribution in [1.29, 1.82) is 0 Å². The number of hydrogen-bond donors (Lipinski definition) is 0. The molecule has 1 saturated heterocycles. The second kappa shape index (κ2) is 7.57. The maximum Gasteiger partial charge on any atom is 0.410 e. The standard InChI is InChI=1S/C15H22ClN3O3S/c1-15(2,3)22-14(20)19-8-4-5-11(9-19)10-23(21)13-7-6-12(16)17-18-13/h6-7,11H,4-5,8-10H2,1-3H3/t11-,23+/m1/s1. The Labute approximate surface area is 144 Å². The molecular formula is C15H22ClN3O3S. The third kappa shape index (κ3) is 5.73. The Morgan fingerprint density at radius 3 is 2.78 bits per heavy atom. The van der Waals surface area contributed by atoms with E-state index < -0.39 is 16.4 Å². The summed E-state index contributed by atoms with van der Waals surface area (Å²) in [6, 6.07) is 3.20. The third-order valence-corrected chi connectivity index (χ3v) is 5.06. The van der Waals surface area contributed by atoms with Crippen LogP contribution in [0.15, 0.2) is 17.2 Å². The molecule has 2 atom stereocenters. The predicted octanol–water partition coefficient (Wildman–Crippen LogP) is 2.88. The number of hydrogen-bond acceptors (Lipinski definition) is 5. The van der Waals surface area contributed by atoms with E-state index in [1.165, 1.54) is 0 Å². The van der Waals surface area contributed by atoms with Gasteiger partial charge in [0.15, 0.2) is 5.15 Å². The minimum atomic E-state index is -1.25. The third-order valence-electron chi connectivity index (χ3n) is 3.40. The Balaban J connectivity index is 1.92. The number of amides is 1. The minimum Gasteiger partial charge on any atom is -0.444 e. The molecule has 0 aromatic carbocycles. The highest BCUT2D eigenvalue weighted by Gasteiger charge is 2.28. The summed E-state index contributed by atoms with van der Waals surface area (Å²) in [6.07, 6.45) is 1.51. The van der Waals surface area contributed by atoms with E-state index in [9.17, 15) is 9.00 Å². The van der Waals surface area contributed by atoms with Crippen molar-refractivity contribution in [3.63, 3.8) is 0 Å². The molecule has 2 rings (SSSR count). The Hall–Kier alpha value is -1.21. The molecule has 23 heavy (non-hydrogen) atoms. The van der Waals surface area contributed by atoms with Crippen molar-refractivity contribution in [3.05, 3.63) is 17.3 Å². The van der Waals surface area contributed by atoms with E-state index in [4.69, 9.17) is 16.3 Å². The molecule has 8 heteroatoms.